The number of ether oxygens (including phenoxy) is 1. The molecule has 0 atom stereocenters. The van der Waals surface area contributed by atoms with Gasteiger partial charge in [0.2, 0.25) is 4.85 Å². The number of carboxylic acid groups (broad SMARTS) is 1. The summed E-state index contributed by atoms with van der Waals surface area (Å²) < 4.78 is 50.1. The fraction of sp³-hybridized carbons (Fsp3) is 0.840. The summed E-state index contributed by atoms with van der Waals surface area (Å²) in [4.78, 5) is 23.6. The summed E-state index contributed by atoms with van der Waals surface area (Å²) in [5.74, 6) is -2.13. The second kappa shape index (κ2) is 14.5. The molecular formula is C25H62O10Si8. The Hall–Kier alpha value is 0.175. The van der Waals surface area contributed by atoms with Gasteiger partial charge in [-0.15, -0.1) is 0 Å². The molecule has 0 saturated carbocycles. The number of rotatable bonds is 18. The summed E-state index contributed by atoms with van der Waals surface area (Å²) in [6, 6.07) is 0. The highest BCUT2D eigenvalue weighted by atomic mass is 28.6. The molecule has 0 fully saturated rings. The van der Waals surface area contributed by atoms with Crippen LogP contribution in [-0.4, -0.2) is 89.4 Å². The molecule has 0 aliphatic carbocycles. The molecule has 0 aliphatic rings. The average molecular weight is 747 g/mol. The Balaban J connectivity index is 8.78. The predicted molar refractivity (Wildman–Crippen MR) is 194 cm³/mol. The minimum atomic E-state index is -4.22. The summed E-state index contributed by atoms with van der Waals surface area (Å²) in [5, 5.41) is 9.36. The molecule has 0 radical (unpaired) electrons. The van der Waals surface area contributed by atoms with Crippen LogP contribution in [-0.2, 0) is 39.0 Å². The van der Waals surface area contributed by atoms with Gasteiger partial charge < -0.3 is 34.5 Å². The zero-order valence-electron chi connectivity index (χ0n) is 30.5. The molecular weight excluding hydrogens is 685 g/mol. The topological polar surface area (TPSA) is 119 Å². The maximum Gasteiger partial charge on any atom is 0.520 e. The van der Waals surface area contributed by atoms with Crippen molar-refractivity contribution in [2.24, 2.45) is 0 Å². The Morgan fingerprint density at radius 2 is 0.744 bits per heavy atom. The Morgan fingerprint density at radius 1 is 0.512 bits per heavy atom. The van der Waals surface area contributed by atoms with E-state index in [1.807, 2.05) is 6.92 Å². The number of carboxylic acids is 1. The molecule has 1 N–H and O–H groups in total. The Kier molecular flexibility index (Phi) is 14.6. The van der Waals surface area contributed by atoms with Crippen molar-refractivity contribution in [2.45, 2.75) is 136 Å². The first-order valence-electron chi connectivity index (χ1n) is 15.0. The quantitative estimate of drug-likeness (QED) is 0.0865. The lowest BCUT2D eigenvalue weighted by Crippen LogP contribution is -2.86. The minimum Gasteiger partial charge on any atom is -0.478 e. The van der Waals surface area contributed by atoms with Crippen LogP contribution in [0, 0.1) is 0 Å². The van der Waals surface area contributed by atoms with E-state index < -0.39 is 84.3 Å². The van der Waals surface area contributed by atoms with Gasteiger partial charge in [0.05, 0.1) is 0 Å². The largest absolute Gasteiger partial charge is 0.520 e. The number of hydrogen-bond donors (Lipinski definition) is 1. The van der Waals surface area contributed by atoms with Gasteiger partial charge in [-0.3, -0.25) is 0 Å². The summed E-state index contributed by atoms with van der Waals surface area (Å²) in [6.45, 7) is 39.0. The SMILES string of the molecule is CCC(OC(=O)/C=C/C(=O)O)([Si](O[Si](C)(C)C)(O[Si](C)(C)C)O[Si](C)(C)C)[Si](O[Si](C)(C)C)(O[Si](C)(C)C)O[Si](C)(C)C. The number of esters is 1. The van der Waals surface area contributed by atoms with Gasteiger partial charge in [0.15, 0.2) is 49.9 Å². The maximum absolute atomic E-state index is 13.8. The van der Waals surface area contributed by atoms with Gasteiger partial charge in [-0.05, 0) is 124 Å². The van der Waals surface area contributed by atoms with Gasteiger partial charge in [-0.2, -0.15) is 0 Å². The number of aliphatic carboxylic acids is 1. The first-order valence-corrected chi connectivity index (χ1v) is 38.9. The summed E-state index contributed by atoms with van der Waals surface area (Å²) in [6.07, 6.45) is 1.85. The molecule has 0 spiro atoms. The lowest BCUT2D eigenvalue weighted by atomic mass is 10.5. The van der Waals surface area contributed by atoms with E-state index in [0.29, 0.717) is 0 Å². The maximum atomic E-state index is 13.8. The van der Waals surface area contributed by atoms with Crippen LogP contribution in [0.4, 0.5) is 0 Å². The zero-order chi connectivity index (χ0) is 34.7. The number of hydrogen-bond acceptors (Lipinski definition) is 9. The third kappa shape index (κ3) is 15.1. The van der Waals surface area contributed by atoms with Gasteiger partial charge in [-0.1, -0.05) is 6.92 Å². The average Bonchev–Trinajstić information content (AvgIpc) is 2.61. The van der Waals surface area contributed by atoms with Crippen LogP contribution in [0.25, 0.3) is 0 Å². The van der Waals surface area contributed by atoms with Crippen molar-refractivity contribution in [3.05, 3.63) is 12.2 Å². The lowest BCUT2D eigenvalue weighted by Gasteiger charge is -2.57. The second-order valence-corrected chi connectivity index (χ2v) is 51.3. The molecule has 0 aromatic rings. The monoisotopic (exact) mass is 746 g/mol. The van der Waals surface area contributed by atoms with Gasteiger partial charge >= 0.3 is 29.5 Å². The first-order chi connectivity index (χ1) is 18.6. The molecule has 0 saturated heterocycles. The molecule has 43 heavy (non-hydrogen) atoms. The van der Waals surface area contributed by atoms with E-state index in [4.69, 9.17) is 29.4 Å². The molecule has 0 aromatic carbocycles. The minimum absolute atomic E-state index is 0.164. The molecule has 0 aliphatic heterocycles. The van der Waals surface area contributed by atoms with E-state index in [-0.39, 0.29) is 6.42 Å². The summed E-state index contributed by atoms with van der Waals surface area (Å²) in [5.41, 5.74) is 0. The van der Waals surface area contributed by atoms with Crippen LogP contribution in [0.15, 0.2) is 12.2 Å². The first kappa shape index (κ1) is 43.2. The second-order valence-electron chi connectivity index (χ2n) is 16.7. The summed E-state index contributed by atoms with van der Waals surface area (Å²) in [7, 11) is -23.6. The van der Waals surface area contributed by atoms with E-state index in [9.17, 15) is 14.7 Å². The highest BCUT2D eigenvalue weighted by Gasteiger charge is 2.82. The Labute approximate surface area is 270 Å². The smallest absolute Gasteiger partial charge is 0.478 e. The van der Waals surface area contributed by atoms with E-state index in [2.05, 4.69) is 118 Å². The summed E-state index contributed by atoms with van der Waals surface area (Å²) >= 11 is 0. The fourth-order valence-electron chi connectivity index (χ4n) is 4.20. The van der Waals surface area contributed by atoms with Crippen LogP contribution in [0.5, 0.6) is 0 Å². The van der Waals surface area contributed by atoms with E-state index >= 15 is 0 Å². The molecule has 0 aromatic heterocycles. The van der Waals surface area contributed by atoms with E-state index in [1.165, 1.54) is 0 Å². The molecule has 18 heteroatoms. The third-order valence-electron chi connectivity index (χ3n) is 4.77. The molecule has 0 unspecified atom stereocenters. The lowest BCUT2D eigenvalue weighted by molar-refractivity contribution is -0.148. The van der Waals surface area contributed by atoms with E-state index in [1.54, 1.807) is 0 Å². The van der Waals surface area contributed by atoms with Crippen LogP contribution in [0.2, 0.25) is 118 Å². The third-order valence-corrected chi connectivity index (χ3v) is 30.6. The highest BCUT2D eigenvalue weighted by Crippen LogP contribution is 2.48. The van der Waals surface area contributed by atoms with Crippen molar-refractivity contribution >= 4 is 79.5 Å². The molecule has 10 nitrogen and oxygen atoms in total. The van der Waals surface area contributed by atoms with Crippen LogP contribution < -0.4 is 0 Å². The van der Waals surface area contributed by atoms with Gasteiger partial charge in [0, 0.05) is 12.2 Å². The molecule has 254 valence electrons. The van der Waals surface area contributed by atoms with Crippen LogP contribution in [0.1, 0.15) is 13.3 Å². The van der Waals surface area contributed by atoms with Crippen molar-refractivity contribution in [1.82, 2.24) is 0 Å². The van der Waals surface area contributed by atoms with Gasteiger partial charge in [-0.25, -0.2) is 9.59 Å². The van der Waals surface area contributed by atoms with E-state index in [0.717, 1.165) is 12.2 Å². The van der Waals surface area contributed by atoms with Crippen molar-refractivity contribution in [3.63, 3.8) is 0 Å². The van der Waals surface area contributed by atoms with Crippen molar-refractivity contribution in [1.29, 1.82) is 0 Å². The molecule has 0 bridgehead atoms. The molecule has 0 heterocycles. The standard InChI is InChI=1S/C25H62O10Si8/c1-20-25(29-24(28)22-21-23(26)27,42(30-36(2,3)4,31-37(5,6)7)32-38(8,9)10)43(33-39(11,12)13,34-40(14,15)16)35-41(17,18)19/h21-22H,20H2,1-19H3,(H,26,27)/b22-21+. The Bertz CT molecular complexity index is 843. The fourth-order valence-corrected chi connectivity index (χ4v) is 36.3. The van der Waals surface area contributed by atoms with Crippen molar-refractivity contribution in [3.8, 4) is 0 Å². The van der Waals surface area contributed by atoms with Crippen LogP contribution >= 0.6 is 0 Å². The molecule has 0 amide bonds. The van der Waals surface area contributed by atoms with Crippen molar-refractivity contribution < 1.29 is 44.1 Å². The van der Waals surface area contributed by atoms with Gasteiger partial charge in [0.1, 0.15) is 0 Å². The normalized spacial score (nSPS) is 15.2. The number of carbonyl (C=O) groups excluding carboxylic acids is 1. The number of carbonyl (C=O) groups is 2. The predicted octanol–water partition coefficient (Wildman–Crippen LogP) is 7.38. The van der Waals surface area contributed by atoms with Gasteiger partial charge in [0.25, 0.3) is 0 Å². The zero-order valence-corrected chi connectivity index (χ0v) is 38.5. The highest BCUT2D eigenvalue weighted by molar-refractivity contribution is 7.02. The van der Waals surface area contributed by atoms with Crippen molar-refractivity contribution in [2.75, 3.05) is 0 Å². The van der Waals surface area contributed by atoms with Crippen LogP contribution in [0.3, 0.4) is 0 Å². The Morgan fingerprint density at radius 3 is 0.907 bits per heavy atom. The molecule has 0 rings (SSSR count).